The number of carboxylic acids is 2. The van der Waals surface area contributed by atoms with Gasteiger partial charge in [0.1, 0.15) is 0 Å². The van der Waals surface area contributed by atoms with E-state index < -0.39 is 27.7 Å². The van der Waals surface area contributed by atoms with Crippen molar-refractivity contribution in [2.45, 2.75) is 38.0 Å². The van der Waals surface area contributed by atoms with Crippen LogP contribution in [0.4, 0.5) is 5.69 Å². The lowest BCUT2D eigenvalue weighted by molar-refractivity contribution is -0.385. The third kappa shape index (κ3) is 2.54. The molecule has 2 N–H and O–H groups in total. The average Bonchev–Trinajstić information content (AvgIpc) is 2.47. The number of non-ortho nitro benzene ring substituents is 1. The first kappa shape index (κ1) is 15.9. The molecule has 0 spiro atoms. The second-order valence-electron chi connectivity index (χ2n) is 6.09. The van der Waals surface area contributed by atoms with Crippen LogP contribution < -0.4 is 0 Å². The maximum Gasteiger partial charge on any atom is 0.314 e. The summed E-state index contributed by atoms with van der Waals surface area (Å²) in [4.78, 5) is 33.7. The van der Waals surface area contributed by atoms with Crippen LogP contribution in [-0.4, -0.2) is 27.1 Å². The van der Waals surface area contributed by atoms with Gasteiger partial charge in [-0.1, -0.05) is 18.6 Å². The van der Waals surface area contributed by atoms with Gasteiger partial charge in [-0.05, 0) is 31.7 Å². The van der Waals surface area contributed by atoms with Crippen LogP contribution in [0.1, 0.15) is 38.2 Å². The zero-order valence-corrected chi connectivity index (χ0v) is 12.1. The molecule has 118 valence electrons. The van der Waals surface area contributed by atoms with E-state index in [1.807, 2.05) is 0 Å². The van der Waals surface area contributed by atoms with Crippen molar-refractivity contribution in [3.8, 4) is 0 Å². The summed E-state index contributed by atoms with van der Waals surface area (Å²) in [5, 5.41) is 30.0. The second kappa shape index (κ2) is 5.40. The van der Waals surface area contributed by atoms with Crippen LogP contribution in [0.3, 0.4) is 0 Å². The second-order valence-corrected chi connectivity index (χ2v) is 6.09. The normalized spacial score (nSPS) is 28.0. The third-order valence-corrected chi connectivity index (χ3v) is 4.56. The molecule has 7 nitrogen and oxygen atoms in total. The number of hydrogen-bond acceptors (Lipinski definition) is 4. The van der Waals surface area contributed by atoms with Crippen molar-refractivity contribution in [3.05, 3.63) is 39.9 Å². The molecule has 1 aliphatic carbocycles. The molecule has 1 aliphatic rings. The maximum absolute atomic E-state index is 11.9. The Bertz CT molecular complexity index is 643. The molecule has 0 heterocycles. The van der Waals surface area contributed by atoms with Crippen LogP contribution in [-0.2, 0) is 15.0 Å². The quantitative estimate of drug-likeness (QED) is 0.652. The van der Waals surface area contributed by atoms with E-state index in [4.69, 9.17) is 0 Å². The zero-order valence-electron chi connectivity index (χ0n) is 12.1. The molecule has 7 heteroatoms. The lowest BCUT2D eigenvalue weighted by Crippen LogP contribution is -2.47. The summed E-state index contributed by atoms with van der Waals surface area (Å²) in [6.07, 6.45) is 1.03. The van der Waals surface area contributed by atoms with Gasteiger partial charge in [0.2, 0.25) is 0 Å². The molecule has 2 rings (SSSR count). The predicted octanol–water partition coefficient (Wildman–Crippen LogP) is 2.58. The van der Waals surface area contributed by atoms with E-state index in [1.165, 1.54) is 31.2 Å². The first-order valence-corrected chi connectivity index (χ1v) is 6.93. The number of benzene rings is 1. The number of carbonyl (C=O) groups is 2. The van der Waals surface area contributed by atoms with Crippen LogP contribution in [0.25, 0.3) is 0 Å². The fraction of sp³-hybridized carbons (Fsp3) is 0.467. The Morgan fingerprint density at radius 3 is 2.45 bits per heavy atom. The highest BCUT2D eigenvalue weighted by atomic mass is 16.6. The molecular weight excluding hydrogens is 290 g/mol. The first-order chi connectivity index (χ1) is 10.2. The van der Waals surface area contributed by atoms with Gasteiger partial charge < -0.3 is 10.2 Å². The van der Waals surface area contributed by atoms with Gasteiger partial charge in [0.15, 0.2) is 0 Å². The van der Waals surface area contributed by atoms with E-state index in [1.54, 1.807) is 0 Å². The van der Waals surface area contributed by atoms with Crippen molar-refractivity contribution in [1.82, 2.24) is 0 Å². The Morgan fingerprint density at radius 1 is 1.23 bits per heavy atom. The number of nitro benzene ring substituents is 1. The Labute approximate surface area is 126 Å². The zero-order chi connectivity index (χ0) is 16.5. The summed E-state index contributed by atoms with van der Waals surface area (Å²) in [5.74, 6) is -2.18. The van der Waals surface area contributed by atoms with Crippen molar-refractivity contribution in [1.29, 1.82) is 0 Å². The molecule has 0 bridgehead atoms. The van der Waals surface area contributed by atoms with Gasteiger partial charge in [-0.2, -0.15) is 0 Å². The minimum Gasteiger partial charge on any atom is -0.481 e. The number of aliphatic carboxylic acids is 2. The standard InChI is InChI=1S/C15H17NO6/c1-14(12(17)18)6-3-7-15(9-14,13(19)20)10-4-2-5-11(8-10)16(21)22/h2,4-5,8H,3,6-7,9H2,1H3,(H,17,18)(H,19,20). The average molecular weight is 307 g/mol. The van der Waals surface area contributed by atoms with Crippen LogP contribution in [0.5, 0.6) is 0 Å². The molecule has 1 aromatic carbocycles. The number of hydrogen-bond donors (Lipinski definition) is 2. The lowest BCUT2D eigenvalue weighted by atomic mass is 9.60. The molecule has 0 amide bonds. The molecule has 1 saturated carbocycles. The van der Waals surface area contributed by atoms with Crippen molar-refractivity contribution in [3.63, 3.8) is 0 Å². The van der Waals surface area contributed by atoms with Gasteiger partial charge in [-0.25, -0.2) is 0 Å². The molecule has 0 aromatic heterocycles. The maximum atomic E-state index is 11.9. The summed E-state index contributed by atoms with van der Waals surface area (Å²) in [6.45, 7) is 1.53. The van der Waals surface area contributed by atoms with Crippen LogP contribution in [0.2, 0.25) is 0 Å². The molecular formula is C15H17NO6. The minimum atomic E-state index is -1.41. The van der Waals surface area contributed by atoms with E-state index in [0.29, 0.717) is 18.4 Å². The van der Waals surface area contributed by atoms with Gasteiger partial charge in [-0.3, -0.25) is 19.7 Å². The number of rotatable bonds is 4. The fourth-order valence-electron chi connectivity index (χ4n) is 3.28. The van der Waals surface area contributed by atoms with E-state index in [2.05, 4.69) is 0 Å². The highest BCUT2D eigenvalue weighted by Gasteiger charge is 2.52. The monoisotopic (exact) mass is 307 g/mol. The summed E-state index contributed by atoms with van der Waals surface area (Å²) >= 11 is 0. The summed E-state index contributed by atoms with van der Waals surface area (Å²) < 4.78 is 0. The minimum absolute atomic E-state index is 0.0775. The number of nitro groups is 1. The summed E-state index contributed by atoms with van der Waals surface area (Å²) in [5.41, 5.74) is -2.46. The van der Waals surface area contributed by atoms with Gasteiger partial charge in [0, 0.05) is 12.1 Å². The van der Waals surface area contributed by atoms with Gasteiger partial charge >= 0.3 is 11.9 Å². The Balaban J connectivity index is 2.54. The van der Waals surface area contributed by atoms with Crippen molar-refractivity contribution in [2.75, 3.05) is 0 Å². The smallest absolute Gasteiger partial charge is 0.314 e. The topological polar surface area (TPSA) is 118 Å². The van der Waals surface area contributed by atoms with E-state index in [-0.39, 0.29) is 18.5 Å². The molecule has 0 saturated heterocycles. The molecule has 2 atom stereocenters. The first-order valence-electron chi connectivity index (χ1n) is 6.93. The number of nitrogens with zero attached hydrogens (tertiary/aromatic N) is 1. The van der Waals surface area contributed by atoms with Gasteiger partial charge in [-0.15, -0.1) is 0 Å². The summed E-state index contributed by atoms with van der Waals surface area (Å²) in [6, 6.07) is 5.49. The van der Waals surface area contributed by atoms with Crippen molar-refractivity contribution >= 4 is 17.6 Å². The largest absolute Gasteiger partial charge is 0.481 e. The molecule has 1 fully saturated rings. The molecule has 0 aliphatic heterocycles. The molecule has 0 radical (unpaired) electrons. The molecule has 2 unspecified atom stereocenters. The Hall–Kier alpha value is -2.44. The molecule has 22 heavy (non-hydrogen) atoms. The predicted molar refractivity (Wildman–Crippen MR) is 76.6 cm³/mol. The van der Waals surface area contributed by atoms with Crippen molar-refractivity contribution < 1.29 is 24.7 Å². The van der Waals surface area contributed by atoms with Crippen molar-refractivity contribution in [2.24, 2.45) is 5.41 Å². The van der Waals surface area contributed by atoms with E-state index in [9.17, 15) is 29.9 Å². The molecule has 1 aromatic rings. The fourth-order valence-corrected chi connectivity index (χ4v) is 3.28. The SMILES string of the molecule is CC1(C(=O)O)CCCC(C(=O)O)(c2cccc([N+](=O)[O-])c2)C1. The highest BCUT2D eigenvalue weighted by Crippen LogP contribution is 2.48. The summed E-state index contributed by atoms with van der Waals surface area (Å²) in [7, 11) is 0. The van der Waals surface area contributed by atoms with Gasteiger partial charge in [0.25, 0.3) is 5.69 Å². The number of carboxylic acid groups (broad SMARTS) is 2. The highest BCUT2D eigenvalue weighted by molar-refractivity contribution is 5.84. The van der Waals surface area contributed by atoms with Crippen LogP contribution >= 0.6 is 0 Å². The third-order valence-electron chi connectivity index (χ3n) is 4.56. The van der Waals surface area contributed by atoms with Gasteiger partial charge in [0.05, 0.1) is 15.8 Å². The Kier molecular flexibility index (Phi) is 3.91. The van der Waals surface area contributed by atoms with Crippen LogP contribution in [0.15, 0.2) is 24.3 Å². The Morgan fingerprint density at radius 2 is 1.91 bits per heavy atom. The van der Waals surface area contributed by atoms with E-state index in [0.717, 1.165) is 0 Å². The lowest BCUT2D eigenvalue weighted by Gasteiger charge is -2.41. The van der Waals surface area contributed by atoms with Crippen LogP contribution in [0, 0.1) is 15.5 Å². The van der Waals surface area contributed by atoms with E-state index >= 15 is 0 Å².